The lowest BCUT2D eigenvalue weighted by Gasteiger charge is -2.15. The van der Waals surface area contributed by atoms with Gasteiger partial charge in [0.25, 0.3) is 0 Å². The van der Waals surface area contributed by atoms with Gasteiger partial charge in [0.1, 0.15) is 4.99 Å². The highest BCUT2D eigenvalue weighted by atomic mass is 32.1. The maximum Gasteiger partial charge on any atom is 0.106 e. The van der Waals surface area contributed by atoms with E-state index < -0.39 is 0 Å². The molecule has 1 aliphatic carbocycles. The maximum atomic E-state index is 5.80. The number of benzene rings is 1. The summed E-state index contributed by atoms with van der Waals surface area (Å²) in [6.45, 7) is 12.4. The van der Waals surface area contributed by atoms with Crippen LogP contribution in [0.1, 0.15) is 38.8 Å². The minimum Gasteiger partial charge on any atom is -0.389 e. The van der Waals surface area contributed by atoms with Gasteiger partial charge in [-0.15, -0.1) is 0 Å². The highest BCUT2D eigenvalue weighted by Crippen LogP contribution is 2.68. The number of nitrogens with one attached hydrogen (secondary N) is 1. The minimum atomic E-state index is 0.395. The summed E-state index contributed by atoms with van der Waals surface area (Å²) in [5, 5.41) is 3.57. The molecule has 0 aromatic heterocycles. The van der Waals surface area contributed by atoms with Crippen LogP contribution in [-0.4, -0.2) is 11.5 Å². The first-order chi connectivity index (χ1) is 8.69. The molecule has 0 unspecified atom stereocenters. The first-order valence-electron chi connectivity index (χ1n) is 6.83. The van der Waals surface area contributed by atoms with Crippen LogP contribution < -0.4 is 11.1 Å². The van der Waals surface area contributed by atoms with E-state index >= 15 is 0 Å². The highest BCUT2D eigenvalue weighted by Gasteiger charge is 2.64. The molecule has 1 aromatic carbocycles. The maximum absolute atomic E-state index is 5.80. The average molecular weight is 276 g/mol. The predicted octanol–water partition coefficient (Wildman–Crippen LogP) is 3.72. The molecule has 0 bridgehead atoms. The van der Waals surface area contributed by atoms with Crippen LogP contribution in [0.25, 0.3) is 0 Å². The summed E-state index contributed by atoms with van der Waals surface area (Å²) in [7, 11) is 0. The van der Waals surface area contributed by atoms with Crippen molar-refractivity contribution in [2.75, 3.05) is 11.9 Å². The largest absolute Gasteiger partial charge is 0.389 e. The third-order valence-corrected chi connectivity index (χ3v) is 5.56. The lowest BCUT2D eigenvalue weighted by atomic mass is 10.0. The molecule has 3 N–H and O–H groups in total. The van der Waals surface area contributed by atoms with Crippen molar-refractivity contribution in [1.82, 2.24) is 0 Å². The molecule has 0 spiro atoms. The van der Waals surface area contributed by atoms with Crippen molar-refractivity contribution in [2.45, 2.75) is 34.6 Å². The summed E-state index contributed by atoms with van der Waals surface area (Å²) in [5.74, 6) is 0.679. The van der Waals surface area contributed by atoms with E-state index in [9.17, 15) is 0 Å². The third-order valence-electron chi connectivity index (χ3n) is 5.34. The van der Waals surface area contributed by atoms with Gasteiger partial charge in [0, 0.05) is 17.8 Å². The molecule has 1 saturated carbocycles. The second-order valence-electron chi connectivity index (χ2n) is 6.74. The van der Waals surface area contributed by atoms with Gasteiger partial charge in [-0.3, -0.25) is 0 Å². The molecule has 0 saturated heterocycles. The lowest BCUT2D eigenvalue weighted by molar-refractivity contribution is 0.457. The standard InChI is InChI=1S/C16H24N2S/c1-10-7-6-8-11(14(17)19)13(10)18-9-12-15(2,3)16(12,4)5/h6-8,12,18H,9H2,1-5H3,(H2,17,19). The zero-order valence-electron chi connectivity index (χ0n) is 12.5. The number of hydrogen-bond donors (Lipinski definition) is 2. The molecule has 1 fully saturated rings. The van der Waals surface area contributed by atoms with Crippen molar-refractivity contribution in [3.63, 3.8) is 0 Å². The molecule has 2 rings (SSSR count). The molecule has 2 nitrogen and oxygen atoms in total. The molecule has 0 amide bonds. The van der Waals surface area contributed by atoms with E-state index in [1.165, 1.54) is 5.56 Å². The first-order valence-corrected chi connectivity index (χ1v) is 7.23. The molecule has 0 atom stereocenters. The smallest absolute Gasteiger partial charge is 0.106 e. The van der Waals surface area contributed by atoms with Gasteiger partial charge < -0.3 is 11.1 Å². The van der Waals surface area contributed by atoms with Crippen molar-refractivity contribution in [3.05, 3.63) is 29.3 Å². The van der Waals surface area contributed by atoms with Gasteiger partial charge >= 0.3 is 0 Å². The summed E-state index contributed by atoms with van der Waals surface area (Å²) in [6.07, 6.45) is 0. The molecule has 19 heavy (non-hydrogen) atoms. The van der Waals surface area contributed by atoms with Gasteiger partial charge in [-0.1, -0.05) is 52.0 Å². The van der Waals surface area contributed by atoms with Gasteiger partial charge in [0.2, 0.25) is 0 Å². The van der Waals surface area contributed by atoms with Crippen molar-refractivity contribution in [1.29, 1.82) is 0 Å². The highest BCUT2D eigenvalue weighted by molar-refractivity contribution is 7.80. The number of hydrogen-bond acceptors (Lipinski definition) is 2. The summed E-state index contributed by atoms with van der Waals surface area (Å²) in [5.41, 5.74) is 9.83. The van der Waals surface area contributed by atoms with E-state index in [1.54, 1.807) is 0 Å². The Balaban J connectivity index is 2.16. The summed E-state index contributed by atoms with van der Waals surface area (Å²) >= 11 is 5.13. The fourth-order valence-electron chi connectivity index (χ4n) is 3.16. The fourth-order valence-corrected chi connectivity index (χ4v) is 3.33. The van der Waals surface area contributed by atoms with Crippen LogP contribution in [0.4, 0.5) is 5.69 Å². The van der Waals surface area contributed by atoms with Crippen molar-refractivity contribution < 1.29 is 0 Å². The Morgan fingerprint density at radius 2 is 1.84 bits per heavy atom. The monoisotopic (exact) mass is 276 g/mol. The van der Waals surface area contributed by atoms with E-state index in [0.717, 1.165) is 17.8 Å². The summed E-state index contributed by atoms with van der Waals surface area (Å²) in [4.78, 5) is 0.459. The molecule has 3 heteroatoms. The van der Waals surface area contributed by atoms with E-state index in [-0.39, 0.29) is 0 Å². The van der Waals surface area contributed by atoms with Crippen molar-refractivity contribution >= 4 is 22.9 Å². The molecule has 104 valence electrons. The molecule has 0 heterocycles. The molecule has 1 aliphatic rings. The van der Waals surface area contributed by atoms with E-state index in [2.05, 4.69) is 46.0 Å². The summed E-state index contributed by atoms with van der Waals surface area (Å²) < 4.78 is 0. The number of para-hydroxylation sites is 1. The van der Waals surface area contributed by atoms with Crippen LogP contribution in [-0.2, 0) is 0 Å². The van der Waals surface area contributed by atoms with Crippen LogP contribution in [0.15, 0.2) is 18.2 Å². The SMILES string of the molecule is Cc1cccc(C(N)=S)c1NCC1C(C)(C)C1(C)C. The van der Waals surface area contributed by atoms with Gasteiger partial charge in [0.15, 0.2) is 0 Å². The third kappa shape index (κ3) is 2.25. The number of thiocarbonyl (C=S) groups is 1. The predicted molar refractivity (Wildman–Crippen MR) is 86.6 cm³/mol. The molecule has 0 aliphatic heterocycles. The number of nitrogens with two attached hydrogens (primary N) is 1. The molecule has 0 radical (unpaired) electrons. The van der Waals surface area contributed by atoms with E-state index in [1.807, 2.05) is 12.1 Å². The van der Waals surface area contributed by atoms with Crippen LogP contribution in [0.2, 0.25) is 0 Å². The lowest BCUT2D eigenvalue weighted by Crippen LogP contribution is -2.16. The zero-order valence-corrected chi connectivity index (χ0v) is 13.3. The number of aryl methyl sites for hydroxylation is 1. The normalized spacial score (nSPS) is 20.1. The van der Waals surface area contributed by atoms with Crippen molar-refractivity contribution in [3.8, 4) is 0 Å². The van der Waals surface area contributed by atoms with Gasteiger partial charge in [0.05, 0.1) is 0 Å². The van der Waals surface area contributed by atoms with E-state index in [0.29, 0.717) is 21.7 Å². The van der Waals surface area contributed by atoms with Gasteiger partial charge in [-0.05, 0) is 35.3 Å². The van der Waals surface area contributed by atoms with Crippen molar-refractivity contribution in [2.24, 2.45) is 22.5 Å². The minimum absolute atomic E-state index is 0.395. The van der Waals surface area contributed by atoms with Crippen LogP contribution in [0.3, 0.4) is 0 Å². The topological polar surface area (TPSA) is 38.0 Å². The Morgan fingerprint density at radius 3 is 2.32 bits per heavy atom. The summed E-state index contributed by atoms with van der Waals surface area (Å²) in [6, 6.07) is 6.08. The molecular formula is C16H24N2S. The Morgan fingerprint density at radius 1 is 1.26 bits per heavy atom. The zero-order chi connectivity index (χ0) is 14.4. The number of anilines is 1. The Kier molecular flexibility index (Phi) is 3.38. The van der Waals surface area contributed by atoms with E-state index in [4.69, 9.17) is 18.0 Å². The van der Waals surface area contributed by atoms with Crippen LogP contribution in [0, 0.1) is 23.7 Å². The number of rotatable bonds is 4. The Labute approximate surface area is 121 Å². The quantitative estimate of drug-likeness (QED) is 0.823. The molecule has 1 aromatic rings. The fraction of sp³-hybridized carbons (Fsp3) is 0.562. The van der Waals surface area contributed by atoms with Gasteiger partial charge in [-0.25, -0.2) is 0 Å². The second kappa shape index (κ2) is 4.48. The Hall–Kier alpha value is -1.09. The molecular weight excluding hydrogens is 252 g/mol. The van der Waals surface area contributed by atoms with Gasteiger partial charge in [-0.2, -0.15) is 0 Å². The second-order valence-corrected chi connectivity index (χ2v) is 7.18. The Bertz CT molecular complexity index is 503. The average Bonchev–Trinajstić information content (AvgIpc) is 2.68. The van der Waals surface area contributed by atoms with Crippen LogP contribution >= 0.6 is 12.2 Å². The van der Waals surface area contributed by atoms with Crippen LogP contribution in [0.5, 0.6) is 0 Å². The first kappa shape index (κ1) is 14.3.